The first kappa shape index (κ1) is 7.15. The number of Topliss-reactive ketones (excluding diaryl/α,β-unsaturated/α-hetero) is 1. The van der Waals surface area contributed by atoms with Crippen molar-refractivity contribution in [3.05, 3.63) is 0 Å². The molecule has 7 aliphatic carbocycles. The van der Waals surface area contributed by atoms with Crippen molar-refractivity contribution in [1.82, 2.24) is 0 Å². The predicted molar refractivity (Wildman–Crippen MR) is 53.1 cm³/mol. The minimum absolute atomic E-state index is 0.177. The van der Waals surface area contributed by atoms with Crippen molar-refractivity contribution in [2.24, 2.45) is 52.3 Å². The third-order valence-corrected chi connectivity index (χ3v) is 8.63. The van der Waals surface area contributed by atoms with E-state index in [2.05, 4.69) is 0 Å². The molecule has 7 rings (SSSR count). The molecule has 0 radical (unpaired) electrons. The largest absolute Gasteiger partial charge is 0.389 e. The van der Waals surface area contributed by atoms with Crippen LogP contribution in [0, 0.1) is 52.3 Å². The van der Waals surface area contributed by atoms with Gasteiger partial charge in [-0.05, 0) is 42.4 Å². The molecule has 0 aromatic heterocycles. The Morgan fingerprint density at radius 3 is 2.75 bits per heavy atom. The van der Waals surface area contributed by atoms with Crippen molar-refractivity contribution in [2.75, 3.05) is 0 Å². The summed E-state index contributed by atoms with van der Waals surface area (Å²) >= 11 is 0. The first-order valence-electron chi connectivity index (χ1n) is 6.97. The third-order valence-electron chi connectivity index (χ3n) is 8.63. The van der Waals surface area contributed by atoms with Crippen molar-refractivity contribution >= 4 is 5.78 Å². The van der Waals surface area contributed by atoms with Crippen molar-refractivity contribution in [3.8, 4) is 0 Å². The zero-order valence-electron chi connectivity index (χ0n) is 9.02. The molecule has 0 amide bonds. The van der Waals surface area contributed by atoms with Crippen molar-refractivity contribution in [1.29, 1.82) is 0 Å². The van der Waals surface area contributed by atoms with E-state index in [1.54, 1.807) is 0 Å². The van der Waals surface area contributed by atoms with Gasteiger partial charge in [0.25, 0.3) is 0 Å². The molecule has 7 fully saturated rings. The monoisotopic (exact) mass is 214 g/mol. The highest BCUT2D eigenvalue weighted by Gasteiger charge is 3.13. The van der Waals surface area contributed by atoms with Crippen LogP contribution in [0.2, 0.25) is 0 Å². The Balaban J connectivity index is 1.64. The van der Waals surface area contributed by atoms with Gasteiger partial charge in [-0.15, -0.1) is 0 Å². The lowest BCUT2D eigenvalue weighted by atomic mass is 9.48. The maximum Gasteiger partial charge on any atom is 0.139 e. The fourth-order valence-electron chi connectivity index (χ4n) is 8.97. The second-order valence-corrected chi connectivity index (χ2v) is 7.83. The van der Waals surface area contributed by atoms with E-state index in [1.165, 1.54) is 12.8 Å². The number of rotatable bonds is 0. The molecule has 10 atom stereocenters. The first-order valence-corrected chi connectivity index (χ1v) is 6.97. The zero-order chi connectivity index (χ0) is 10.2. The van der Waals surface area contributed by atoms with E-state index in [9.17, 15) is 9.90 Å². The number of carbonyl (C=O) groups is 1. The number of hydrogen-bond donors (Lipinski definition) is 1. The summed E-state index contributed by atoms with van der Waals surface area (Å²) in [6, 6.07) is 0. The van der Waals surface area contributed by atoms with Gasteiger partial charge in [-0.2, -0.15) is 0 Å². The highest BCUT2D eigenvalue weighted by atomic mass is 16.3. The van der Waals surface area contributed by atoms with Crippen LogP contribution in [0.3, 0.4) is 0 Å². The second-order valence-electron chi connectivity index (χ2n) is 7.83. The number of carbonyl (C=O) groups excluding carboxylic acids is 1. The summed E-state index contributed by atoms with van der Waals surface area (Å²) in [5, 5.41) is 10.7. The number of ketones is 1. The van der Waals surface area contributed by atoms with E-state index in [4.69, 9.17) is 0 Å². The summed E-state index contributed by atoms with van der Waals surface area (Å²) in [6.45, 7) is 0. The Morgan fingerprint density at radius 2 is 1.88 bits per heavy atom. The fraction of sp³-hybridized carbons (Fsp3) is 0.929. The standard InChI is InChI=1S/C14H14O2/c15-6-3-5-8-9-7-4(1-2-12(6,7)8)10-13(9)11(5)14(10,13)16/h4-5,7-11,16H,1-3H2/t4?,5?,7?,8?,9?,10?,11?,12-,13?,14?/m0/s1. The van der Waals surface area contributed by atoms with Crippen LogP contribution in [0.25, 0.3) is 0 Å². The highest BCUT2D eigenvalue weighted by Crippen LogP contribution is 3.09. The molecular formula is C14H14O2. The number of hydrogen-bond acceptors (Lipinski definition) is 2. The quantitative estimate of drug-likeness (QED) is 0.648. The summed E-state index contributed by atoms with van der Waals surface area (Å²) < 4.78 is 0. The normalized spacial score (nSPS) is 90.3. The Bertz CT molecular complexity index is 533. The first-order chi connectivity index (χ1) is 7.72. The molecule has 0 aromatic carbocycles. The van der Waals surface area contributed by atoms with Gasteiger partial charge in [-0.3, -0.25) is 4.79 Å². The number of aliphatic hydroxyl groups is 1. The van der Waals surface area contributed by atoms with Crippen LogP contribution in [0.5, 0.6) is 0 Å². The summed E-state index contributed by atoms with van der Waals surface area (Å²) in [7, 11) is 0. The molecule has 0 heterocycles. The molecule has 0 bridgehead atoms. The van der Waals surface area contributed by atoms with Crippen LogP contribution in [0.4, 0.5) is 0 Å². The van der Waals surface area contributed by atoms with Gasteiger partial charge < -0.3 is 5.11 Å². The lowest BCUT2D eigenvalue weighted by Crippen LogP contribution is -2.56. The smallest absolute Gasteiger partial charge is 0.139 e. The summed E-state index contributed by atoms with van der Waals surface area (Å²) in [6.07, 6.45) is 3.29. The van der Waals surface area contributed by atoms with E-state index in [0.717, 1.165) is 30.1 Å². The predicted octanol–water partition coefficient (Wildman–Crippen LogP) is 0.838. The van der Waals surface area contributed by atoms with Crippen molar-refractivity contribution in [3.63, 3.8) is 0 Å². The average Bonchev–Trinajstić information content (AvgIpc) is 2.62. The van der Waals surface area contributed by atoms with Gasteiger partial charge in [0.05, 0.1) is 5.60 Å². The van der Waals surface area contributed by atoms with Crippen LogP contribution in [0.1, 0.15) is 19.3 Å². The molecule has 9 unspecified atom stereocenters. The summed E-state index contributed by atoms with van der Waals surface area (Å²) in [4.78, 5) is 12.4. The minimum Gasteiger partial charge on any atom is -0.389 e. The Morgan fingerprint density at radius 1 is 1.12 bits per heavy atom. The fourth-order valence-corrected chi connectivity index (χ4v) is 8.97. The molecule has 0 saturated heterocycles. The van der Waals surface area contributed by atoms with E-state index in [0.29, 0.717) is 29.0 Å². The number of fused-ring (bicyclic) bond motifs is 4. The van der Waals surface area contributed by atoms with Crippen LogP contribution in [0.15, 0.2) is 0 Å². The average molecular weight is 214 g/mol. The molecule has 2 nitrogen and oxygen atoms in total. The van der Waals surface area contributed by atoms with Crippen molar-refractivity contribution < 1.29 is 9.90 Å². The van der Waals surface area contributed by atoms with Crippen LogP contribution in [-0.2, 0) is 4.79 Å². The zero-order valence-corrected chi connectivity index (χ0v) is 9.02. The second kappa shape index (κ2) is 1.36. The maximum atomic E-state index is 12.4. The Kier molecular flexibility index (Phi) is 0.610. The van der Waals surface area contributed by atoms with E-state index in [-0.39, 0.29) is 11.0 Å². The van der Waals surface area contributed by atoms with Crippen LogP contribution >= 0.6 is 0 Å². The Hall–Kier alpha value is -0.370. The van der Waals surface area contributed by atoms with E-state index in [1.807, 2.05) is 0 Å². The summed E-state index contributed by atoms with van der Waals surface area (Å²) in [5.41, 5.74) is 0.347. The van der Waals surface area contributed by atoms with E-state index >= 15 is 0 Å². The van der Waals surface area contributed by atoms with Gasteiger partial charge in [-0.1, -0.05) is 0 Å². The van der Waals surface area contributed by atoms with Gasteiger partial charge in [0.15, 0.2) is 0 Å². The molecular weight excluding hydrogens is 200 g/mol. The Labute approximate surface area is 93.4 Å². The molecule has 82 valence electrons. The SMILES string of the molecule is O=C1CC2C3C4(O)C5C6CC[C@@]17C6C(C27)C534. The van der Waals surface area contributed by atoms with Crippen LogP contribution < -0.4 is 0 Å². The van der Waals surface area contributed by atoms with Gasteiger partial charge in [0, 0.05) is 29.1 Å². The lowest BCUT2D eigenvalue weighted by Gasteiger charge is -2.54. The molecule has 0 aliphatic heterocycles. The summed E-state index contributed by atoms with van der Waals surface area (Å²) in [5.74, 6) is 5.51. The molecule has 1 N–H and O–H groups in total. The van der Waals surface area contributed by atoms with Crippen molar-refractivity contribution in [2.45, 2.75) is 24.9 Å². The molecule has 16 heavy (non-hydrogen) atoms. The van der Waals surface area contributed by atoms with E-state index < -0.39 is 0 Å². The molecule has 7 aliphatic rings. The topological polar surface area (TPSA) is 37.3 Å². The van der Waals surface area contributed by atoms with Crippen LogP contribution in [-0.4, -0.2) is 16.5 Å². The molecule has 2 heteroatoms. The van der Waals surface area contributed by atoms with Gasteiger partial charge in [-0.25, -0.2) is 0 Å². The minimum atomic E-state index is -0.235. The molecule has 7 saturated carbocycles. The van der Waals surface area contributed by atoms with Gasteiger partial charge >= 0.3 is 0 Å². The highest BCUT2D eigenvalue weighted by molar-refractivity contribution is 5.93. The lowest BCUT2D eigenvalue weighted by molar-refractivity contribution is -0.151. The third kappa shape index (κ3) is 0.290. The molecule has 0 aromatic rings. The van der Waals surface area contributed by atoms with Gasteiger partial charge in [0.1, 0.15) is 5.78 Å². The molecule has 2 spiro atoms. The maximum absolute atomic E-state index is 12.4. The van der Waals surface area contributed by atoms with Gasteiger partial charge in [0.2, 0.25) is 0 Å².